The summed E-state index contributed by atoms with van der Waals surface area (Å²) in [5.41, 5.74) is 6.79. The van der Waals surface area contributed by atoms with E-state index in [0.717, 1.165) is 63.5 Å². The van der Waals surface area contributed by atoms with Gasteiger partial charge in [0.1, 0.15) is 0 Å². The van der Waals surface area contributed by atoms with Crippen LogP contribution in [0.3, 0.4) is 0 Å². The van der Waals surface area contributed by atoms with Gasteiger partial charge in [0.15, 0.2) is 0 Å². The highest BCUT2D eigenvalue weighted by Gasteiger charge is 2.19. The number of allylic oxidation sites excluding steroid dienone is 3. The zero-order valence-corrected chi connectivity index (χ0v) is 21.9. The van der Waals surface area contributed by atoms with Gasteiger partial charge < -0.3 is 5.11 Å². The van der Waals surface area contributed by atoms with E-state index in [1.807, 2.05) is 38.3 Å². The third kappa shape index (κ3) is 6.18. The Morgan fingerprint density at radius 1 is 1.14 bits per heavy atom. The van der Waals surface area contributed by atoms with Crippen LogP contribution in [-0.2, 0) is 0 Å². The van der Waals surface area contributed by atoms with E-state index in [1.165, 1.54) is 6.07 Å². The average Bonchev–Trinajstić information content (AvgIpc) is 2.91. The number of aryl methyl sites for hydroxylation is 1. The number of hydrogen-bond donors (Lipinski definition) is 1. The Kier molecular flexibility index (Phi) is 8.24. The summed E-state index contributed by atoms with van der Waals surface area (Å²) < 4.78 is 0. The molecule has 0 bridgehead atoms. The molecule has 4 rings (SSSR count). The maximum absolute atomic E-state index is 11.5. The molecular formula is C32H33N3O2. The minimum absolute atomic E-state index is 0.218. The Hall–Kier alpha value is -4.12. The van der Waals surface area contributed by atoms with Crippen LogP contribution in [0.2, 0.25) is 0 Å². The van der Waals surface area contributed by atoms with Crippen LogP contribution in [0.1, 0.15) is 73.0 Å². The first-order valence-electron chi connectivity index (χ1n) is 12.8. The Balaban J connectivity index is 1.91. The first-order chi connectivity index (χ1) is 17.9. The predicted molar refractivity (Wildman–Crippen MR) is 152 cm³/mol. The fraction of sp³-hybridized carbons (Fsp3) is 0.250. The first kappa shape index (κ1) is 26.0. The first-order valence-corrected chi connectivity index (χ1v) is 12.8. The van der Waals surface area contributed by atoms with E-state index >= 15 is 0 Å². The lowest BCUT2D eigenvalue weighted by molar-refractivity contribution is 0.0696. The number of rotatable bonds is 7. The van der Waals surface area contributed by atoms with Crippen molar-refractivity contribution in [3.63, 3.8) is 0 Å². The van der Waals surface area contributed by atoms with Gasteiger partial charge in [-0.05, 0) is 85.0 Å². The Labute approximate surface area is 218 Å². The third-order valence-corrected chi connectivity index (χ3v) is 6.41. The van der Waals surface area contributed by atoms with Gasteiger partial charge in [0, 0.05) is 29.2 Å². The summed E-state index contributed by atoms with van der Waals surface area (Å²) in [5.74, 6) is -0.627. The molecule has 1 aliphatic heterocycles. The number of pyridine rings is 2. The zero-order chi connectivity index (χ0) is 26.4. The number of benzene rings is 1. The Morgan fingerprint density at radius 2 is 1.97 bits per heavy atom. The minimum atomic E-state index is -0.966. The van der Waals surface area contributed by atoms with E-state index in [9.17, 15) is 9.90 Å². The Bertz CT molecular complexity index is 1530. The van der Waals surface area contributed by atoms with Crippen molar-refractivity contribution in [2.45, 2.75) is 47.0 Å². The molecule has 1 N–H and O–H groups in total. The maximum Gasteiger partial charge on any atom is 0.335 e. The van der Waals surface area contributed by atoms with Crippen molar-refractivity contribution in [3.05, 3.63) is 99.4 Å². The fourth-order valence-electron chi connectivity index (χ4n) is 4.46. The molecular weight excluding hydrogens is 458 g/mol. The molecule has 1 aromatic carbocycles. The number of aromatic carboxylic acids is 1. The molecule has 0 spiro atoms. The highest BCUT2D eigenvalue weighted by atomic mass is 16.4. The van der Waals surface area contributed by atoms with E-state index in [2.05, 4.69) is 55.2 Å². The lowest BCUT2D eigenvalue weighted by atomic mass is 9.91. The van der Waals surface area contributed by atoms with E-state index in [-0.39, 0.29) is 5.56 Å². The minimum Gasteiger partial charge on any atom is -0.478 e. The number of aliphatic imine (C=N–C) groups is 1. The largest absolute Gasteiger partial charge is 0.478 e. The van der Waals surface area contributed by atoms with Gasteiger partial charge in [-0.3, -0.25) is 15.0 Å². The molecule has 2 aromatic heterocycles. The summed E-state index contributed by atoms with van der Waals surface area (Å²) in [6.45, 7) is 8.29. The number of nitrogens with zero attached hydrogens (tertiary/aromatic N) is 3. The van der Waals surface area contributed by atoms with Crippen LogP contribution in [0.5, 0.6) is 0 Å². The average molecular weight is 492 g/mol. The second kappa shape index (κ2) is 11.7. The van der Waals surface area contributed by atoms with Gasteiger partial charge in [-0.2, -0.15) is 0 Å². The monoisotopic (exact) mass is 491 g/mol. The molecule has 37 heavy (non-hydrogen) atoms. The number of carbonyl (C=O) groups is 1. The van der Waals surface area contributed by atoms with Gasteiger partial charge in [-0.25, -0.2) is 4.79 Å². The second-order valence-electron chi connectivity index (χ2n) is 9.41. The van der Waals surface area contributed by atoms with Gasteiger partial charge in [0.05, 0.1) is 22.6 Å². The van der Waals surface area contributed by atoms with E-state index < -0.39 is 5.97 Å². The summed E-state index contributed by atoms with van der Waals surface area (Å²) in [6.07, 6.45) is 12.8. The molecule has 0 amide bonds. The highest BCUT2D eigenvalue weighted by molar-refractivity contribution is 5.96. The quantitative estimate of drug-likeness (QED) is 0.445. The molecule has 0 saturated heterocycles. The Morgan fingerprint density at radius 3 is 2.70 bits per heavy atom. The van der Waals surface area contributed by atoms with Crippen LogP contribution < -0.4 is 10.4 Å². The fourth-order valence-corrected chi connectivity index (χ4v) is 4.46. The number of hydrogen-bond acceptors (Lipinski definition) is 4. The third-order valence-electron chi connectivity index (χ3n) is 6.41. The van der Waals surface area contributed by atoms with E-state index in [0.29, 0.717) is 11.6 Å². The van der Waals surface area contributed by atoms with Crippen LogP contribution in [0.25, 0.3) is 29.0 Å². The molecule has 0 saturated carbocycles. The van der Waals surface area contributed by atoms with Crippen molar-refractivity contribution < 1.29 is 9.90 Å². The summed E-state index contributed by atoms with van der Waals surface area (Å²) in [4.78, 5) is 25.7. The topological polar surface area (TPSA) is 75.4 Å². The molecule has 0 aliphatic carbocycles. The van der Waals surface area contributed by atoms with Gasteiger partial charge >= 0.3 is 5.97 Å². The van der Waals surface area contributed by atoms with Gasteiger partial charge in [0.25, 0.3) is 0 Å². The summed E-state index contributed by atoms with van der Waals surface area (Å²) >= 11 is 0. The second-order valence-corrected chi connectivity index (χ2v) is 9.41. The predicted octanol–water partition coefficient (Wildman–Crippen LogP) is 5.93. The summed E-state index contributed by atoms with van der Waals surface area (Å²) in [7, 11) is 0. The van der Waals surface area contributed by atoms with Crippen molar-refractivity contribution in [1.29, 1.82) is 0 Å². The van der Waals surface area contributed by atoms with E-state index in [4.69, 9.17) is 9.98 Å². The van der Waals surface area contributed by atoms with Crippen molar-refractivity contribution >= 4 is 41.2 Å². The van der Waals surface area contributed by atoms with Crippen molar-refractivity contribution in [3.8, 4) is 0 Å². The molecule has 1 aliphatic rings. The smallest absolute Gasteiger partial charge is 0.335 e. The van der Waals surface area contributed by atoms with E-state index in [1.54, 1.807) is 12.3 Å². The molecule has 1 unspecified atom stereocenters. The molecule has 0 radical (unpaired) electrons. The van der Waals surface area contributed by atoms with Crippen molar-refractivity contribution in [1.82, 2.24) is 9.97 Å². The van der Waals surface area contributed by atoms with Crippen LogP contribution in [0.4, 0.5) is 0 Å². The molecule has 3 heterocycles. The lowest BCUT2D eigenvalue weighted by Crippen LogP contribution is -2.25. The van der Waals surface area contributed by atoms with Crippen molar-refractivity contribution in [2.24, 2.45) is 10.9 Å². The molecule has 5 heteroatoms. The van der Waals surface area contributed by atoms with Crippen LogP contribution in [-0.4, -0.2) is 27.3 Å². The molecule has 188 valence electrons. The van der Waals surface area contributed by atoms with Crippen LogP contribution >= 0.6 is 0 Å². The van der Waals surface area contributed by atoms with Gasteiger partial charge in [-0.1, -0.05) is 50.6 Å². The van der Waals surface area contributed by atoms with Crippen LogP contribution in [0, 0.1) is 12.8 Å². The normalized spacial score (nSPS) is 17.0. The number of carboxylic acids is 1. The molecule has 5 nitrogen and oxygen atoms in total. The molecule has 1 atom stereocenters. The maximum atomic E-state index is 11.5. The van der Waals surface area contributed by atoms with Gasteiger partial charge in [-0.15, -0.1) is 0 Å². The van der Waals surface area contributed by atoms with Gasteiger partial charge in [0.2, 0.25) is 0 Å². The zero-order valence-electron chi connectivity index (χ0n) is 21.9. The SMILES string of the molecule is C\C=C(/C=c1/cc(C2=C(c3cccc(C)n3)CC(C)C=N2)cc/c1=C\CCC)c1cc(C(=O)O)ccn1. The summed E-state index contributed by atoms with van der Waals surface area (Å²) in [5, 5.41) is 11.6. The molecule has 3 aromatic rings. The van der Waals surface area contributed by atoms with Crippen molar-refractivity contribution in [2.75, 3.05) is 0 Å². The lowest BCUT2D eigenvalue weighted by Gasteiger charge is -2.19. The highest BCUT2D eigenvalue weighted by Crippen LogP contribution is 2.34. The van der Waals surface area contributed by atoms with Crippen LogP contribution in [0.15, 0.2) is 65.8 Å². The number of carboxylic acid groups (broad SMARTS) is 1. The number of unbranched alkanes of at least 4 members (excludes halogenated alkanes) is 1. The number of aromatic nitrogens is 2. The standard InChI is InChI=1S/C32H33N3O2/c1-5-7-10-24-12-13-25(31-28(16-21(3)20-34-31)29-11-8-9-22(4)35-29)18-27(24)17-23(6-2)30-19-26(32(36)37)14-15-33-30/h6,8-15,17-21H,5,7,16H2,1-4H3,(H,36,37)/b23-6+,24-10+,27-17-. The summed E-state index contributed by atoms with van der Waals surface area (Å²) in [6, 6.07) is 15.7. The molecule has 0 fully saturated rings.